The molecule has 1 aromatic rings. The molecule has 1 unspecified atom stereocenters. The van der Waals surface area contributed by atoms with Crippen LogP contribution in [0, 0.1) is 12.8 Å². The van der Waals surface area contributed by atoms with Crippen LogP contribution in [0.15, 0.2) is 4.99 Å². The number of hydrogen-bond acceptors (Lipinski definition) is 4. The average Bonchev–Trinajstić information content (AvgIpc) is 2.99. The van der Waals surface area contributed by atoms with Crippen molar-refractivity contribution in [3.63, 3.8) is 0 Å². The predicted molar refractivity (Wildman–Crippen MR) is 123 cm³/mol. The maximum absolute atomic E-state index is 6.16. The molecular weight excluding hydrogens is 467 g/mol. The van der Waals surface area contributed by atoms with Crippen LogP contribution in [0.4, 0.5) is 0 Å². The highest BCUT2D eigenvalue weighted by Gasteiger charge is 2.26. The third kappa shape index (κ3) is 6.30. The highest BCUT2D eigenvalue weighted by molar-refractivity contribution is 14.0. The molecule has 1 N–H and O–H groups in total. The second-order valence-corrected chi connectivity index (χ2v) is 8.79. The van der Waals surface area contributed by atoms with Crippen molar-refractivity contribution in [2.45, 2.75) is 78.6 Å². The Morgan fingerprint density at radius 3 is 2.57 bits per heavy atom. The van der Waals surface area contributed by atoms with E-state index in [2.05, 4.69) is 52.7 Å². The molecule has 3 heterocycles. The summed E-state index contributed by atoms with van der Waals surface area (Å²) in [5, 5.41) is 12.0. The van der Waals surface area contributed by atoms with Crippen LogP contribution < -0.4 is 5.32 Å². The van der Waals surface area contributed by atoms with Gasteiger partial charge in [0.05, 0.1) is 11.7 Å². The van der Waals surface area contributed by atoms with Gasteiger partial charge < -0.3 is 19.5 Å². The van der Waals surface area contributed by atoms with Gasteiger partial charge in [-0.1, -0.05) is 0 Å². The lowest BCUT2D eigenvalue weighted by Gasteiger charge is -2.37. The van der Waals surface area contributed by atoms with E-state index < -0.39 is 0 Å². The summed E-state index contributed by atoms with van der Waals surface area (Å²) in [6, 6.07) is 0. The number of fused-ring (bicyclic) bond motifs is 1. The molecule has 0 amide bonds. The lowest BCUT2D eigenvalue weighted by atomic mass is 9.99. The van der Waals surface area contributed by atoms with Crippen molar-refractivity contribution in [1.29, 1.82) is 0 Å². The minimum absolute atomic E-state index is 0. The number of aliphatic imine (C=N–C) groups is 1. The van der Waals surface area contributed by atoms with Crippen LogP contribution in [0.3, 0.4) is 0 Å². The molecule has 1 saturated heterocycles. The van der Waals surface area contributed by atoms with Crippen molar-refractivity contribution in [1.82, 2.24) is 25.0 Å². The van der Waals surface area contributed by atoms with Gasteiger partial charge in [0.25, 0.3) is 0 Å². The van der Waals surface area contributed by atoms with Gasteiger partial charge in [0, 0.05) is 39.1 Å². The van der Waals surface area contributed by atoms with E-state index in [1.165, 1.54) is 0 Å². The van der Waals surface area contributed by atoms with E-state index in [0.29, 0.717) is 12.0 Å². The third-order valence-corrected chi connectivity index (χ3v) is 5.33. The number of nitrogens with one attached hydrogen (secondary N) is 1. The Labute approximate surface area is 186 Å². The molecule has 0 saturated carbocycles. The fraction of sp³-hybridized carbons (Fsp3) is 0.850. The first kappa shape index (κ1) is 23.4. The molecule has 160 valence electrons. The Balaban J connectivity index is 0.00000280. The Morgan fingerprint density at radius 2 is 1.93 bits per heavy atom. The Morgan fingerprint density at radius 1 is 1.21 bits per heavy atom. The highest BCUT2D eigenvalue weighted by atomic mass is 127. The molecule has 1 atom stereocenters. The molecule has 8 heteroatoms. The van der Waals surface area contributed by atoms with E-state index in [1.54, 1.807) is 0 Å². The van der Waals surface area contributed by atoms with Crippen LogP contribution in [-0.4, -0.2) is 63.5 Å². The normalized spacial score (nSPS) is 21.2. The Hall–Kier alpha value is -0.900. The molecule has 2 aliphatic rings. The van der Waals surface area contributed by atoms with Crippen molar-refractivity contribution in [3.8, 4) is 0 Å². The molecule has 0 spiro atoms. The summed E-state index contributed by atoms with van der Waals surface area (Å²) in [5.41, 5.74) is -0.0639. The topological polar surface area (TPSA) is 67.6 Å². The van der Waals surface area contributed by atoms with E-state index in [0.717, 1.165) is 76.0 Å². The number of nitrogens with zero attached hydrogens (tertiary/aromatic N) is 5. The van der Waals surface area contributed by atoms with Gasteiger partial charge in [-0.05, 0) is 59.8 Å². The van der Waals surface area contributed by atoms with E-state index in [4.69, 9.17) is 9.73 Å². The summed E-state index contributed by atoms with van der Waals surface area (Å²) in [7, 11) is 0. The quantitative estimate of drug-likeness (QED) is 0.388. The predicted octanol–water partition coefficient (Wildman–Crippen LogP) is 3.01. The maximum Gasteiger partial charge on any atom is 0.193 e. The molecule has 1 fully saturated rings. The number of piperidine rings is 1. The summed E-state index contributed by atoms with van der Waals surface area (Å²) in [5.74, 6) is 3.76. The average molecular weight is 504 g/mol. The zero-order valence-corrected chi connectivity index (χ0v) is 20.4. The fourth-order valence-corrected chi connectivity index (χ4v) is 4.01. The zero-order valence-electron chi connectivity index (χ0n) is 18.1. The van der Waals surface area contributed by atoms with E-state index in [-0.39, 0.29) is 29.6 Å². The first-order valence-corrected chi connectivity index (χ1v) is 10.5. The van der Waals surface area contributed by atoms with Crippen LogP contribution in [0.25, 0.3) is 0 Å². The van der Waals surface area contributed by atoms with Crippen molar-refractivity contribution < 1.29 is 4.74 Å². The van der Waals surface area contributed by atoms with Crippen LogP contribution in [0.5, 0.6) is 0 Å². The largest absolute Gasteiger partial charge is 0.372 e. The first-order chi connectivity index (χ1) is 12.9. The van der Waals surface area contributed by atoms with E-state index >= 15 is 0 Å². The summed E-state index contributed by atoms with van der Waals surface area (Å²) in [4.78, 5) is 7.38. The molecule has 0 aliphatic carbocycles. The molecule has 2 aliphatic heterocycles. The van der Waals surface area contributed by atoms with Gasteiger partial charge in [-0.3, -0.25) is 4.99 Å². The molecular formula is C20H37IN6O. The summed E-state index contributed by atoms with van der Waals surface area (Å²) >= 11 is 0. The van der Waals surface area contributed by atoms with Gasteiger partial charge in [0.2, 0.25) is 0 Å². The van der Waals surface area contributed by atoms with Gasteiger partial charge in [-0.2, -0.15) is 0 Å². The lowest BCUT2D eigenvalue weighted by Crippen LogP contribution is -2.48. The van der Waals surface area contributed by atoms with Gasteiger partial charge in [0.1, 0.15) is 11.6 Å². The number of aryl methyl sites for hydroxylation is 2. The number of halogens is 1. The number of ether oxygens (including phenoxy) is 1. The second kappa shape index (κ2) is 10.2. The van der Waals surface area contributed by atoms with Crippen LogP contribution in [0.1, 0.15) is 58.6 Å². The molecule has 0 aromatic carbocycles. The smallest absolute Gasteiger partial charge is 0.193 e. The molecule has 1 aromatic heterocycles. The summed E-state index contributed by atoms with van der Waals surface area (Å²) in [6.07, 6.45) is 4.64. The highest BCUT2D eigenvalue weighted by Crippen LogP contribution is 2.22. The fourth-order valence-electron chi connectivity index (χ4n) is 4.01. The monoisotopic (exact) mass is 504 g/mol. The zero-order chi connectivity index (χ0) is 19.4. The van der Waals surface area contributed by atoms with E-state index in [1.807, 2.05) is 6.92 Å². The molecule has 0 radical (unpaired) electrons. The van der Waals surface area contributed by atoms with Gasteiger partial charge in [-0.15, -0.1) is 34.2 Å². The van der Waals surface area contributed by atoms with E-state index in [9.17, 15) is 0 Å². The Bertz CT molecular complexity index is 646. The summed E-state index contributed by atoms with van der Waals surface area (Å²) in [6.45, 7) is 15.3. The van der Waals surface area contributed by atoms with Crippen LogP contribution >= 0.6 is 24.0 Å². The van der Waals surface area contributed by atoms with Crippen molar-refractivity contribution in [2.24, 2.45) is 10.9 Å². The molecule has 28 heavy (non-hydrogen) atoms. The molecule has 7 nitrogen and oxygen atoms in total. The number of rotatable bonds is 4. The lowest BCUT2D eigenvalue weighted by molar-refractivity contribution is -0.0772. The van der Waals surface area contributed by atoms with Crippen LogP contribution in [-0.2, 0) is 17.7 Å². The maximum atomic E-state index is 6.16. The minimum Gasteiger partial charge on any atom is -0.372 e. The SMILES string of the molecule is CCNC(=NCC1CCc2nnc(C)n2C1)N1CCC(OC(C)(C)C)CC1.I. The van der Waals surface area contributed by atoms with Crippen molar-refractivity contribution in [2.75, 3.05) is 26.2 Å². The third-order valence-electron chi connectivity index (χ3n) is 5.33. The van der Waals surface area contributed by atoms with Gasteiger partial charge >= 0.3 is 0 Å². The molecule has 0 bridgehead atoms. The number of likely N-dealkylation sites (tertiary alicyclic amines) is 1. The van der Waals surface area contributed by atoms with Gasteiger partial charge in [0.15, 0.2) is 5.96 Å². The summed E-state index contributed by atoms with van der Waals surface area (Å²) < 4.78 is 8.41. The van der Waals surface area contributed by atoms with Gasteiger partial charge in [-0.25, -0.2) is 0 Å². The first-order valence-electron chi connectivity index (χ1n) is 10.5. The Kier molecular flexibility index (Phi) is 8.54. The number of aromatic nitrogens is 3. The number of hydrogen-bond donors (Lipinski definition) is 1. The van der Waals surface area contributed by atoms with Crippen molar-refractivity contribution >= 4 is 29.9 Å². The number of guanidine groups is 1. The van der Waals surface area contributed by atoms with Crippen LogP contribution in [0.2, 0.25) is 0 Å². The standard InChI is InChI=1S/C20H36N6O.HI/c1-6-21-19(25-11-9-17(10-12-25)27-20(3,4)5)22-13-16-7-8-18-24-23-15(2)26(18)14-16;/h16-17H,6-14H2,1-5H3,(H,21,22);1H. The van der Waals surface area contributed by atoms with Crippen molar-refractivity contribution in [3.05, 3.63) is 11.6 Å². The minimum atomic E-state index is -0.0639. The molecule has 3 rings (SSSR count). The second-order valence-electron chi connectivity index (χ2n) is 8.79.